The molecule has 0 aromatic heterocycles. The highest BCUT2D eigenvalue weighted by Gasteiger charge is 2.27. The molecule has 0 spiro atoms. The average Bonchev–Trinajstić information content (AvgIpc) is 3.04. The molecule has 0 radical (unpaired) electrons. The molecule has 1 unspecified atom stereocenters. The topological polar surface area (TPSA) is 108 Å². The predicted octanol–water partition coefficient (Wildman–Crippen LogP) is 9.96. The first-order chi connectivity index (χ1) is 23.5. The van der Waals surface area contributed by atoms with Crippen LogP contribution >= 0.6 is 7.82 Å². The third-order valence-corrected chi connectivity index (χ3v) is 8.58. The Morgan fingerprint density at radius 1 is 0.633 bits per heavy atom. The van der Waals surface area contributed by atoms with E-state index >= 15 is 0 Å². The van der Waals surface area contributed by atoms with E-state index in [9.17, 15) is 19.0 Å². The van der Waals surface area contributed by atoms with Crippen LogP contribution in [0.2, 0.25) is 0 Å². The molecule has 9 nitrogen and oxygen atoms in total. The zero-order valence-corrected chi connectivity index (χ0v) is 32.6. The van der Waals surface area contributed by atoms with Crippen molar-refractivity contribution in [3.05, 3.63) is 48.6 Å². The fourth-order valence-corrected chi connectivity index (χ4v) is 5.33. The van der Waals surface area contributed by atoms with Crippen LogP contribution in [0.25, 0.3) is 0 Å². The molecular formula is C39H71NO8P+. The van der Waals surface area contributed by atoms with Gasteiger partial charge >= 0.3 is 19.8 Å². The molecule has 0 heterocycles. The first-order valence-corrected chi connectivity index (χ1v) is 20.4. The molecule has 0 bridgehead atoms. The van der Waals surface area contributed by atoms with E-state index in [1.165, 1.54) is 38.5 Å². The highest BCUT2D eigenvalue weighted by Crippen LogP contribution is 2.43. The summed E-state index contributed by atoms with van der Waals surface area (Å²) >= 11 is 0. The Labute approximate surface area is 299 Å². The fourth-order valence-electron chi connectivity index (χ4n) is 4.59. The summed E-state index contributed by atoms with van der Waals surface area (Å²) in [6.45, 7) is 4.25. The first kappa shape index (κ1) is 47.0. The zero-order valence-electron chi connectivity index (χ0n) is 31.7. The summed E-state index contributed by atoms with van der Waals surface area (Å²) in [7, 11) is 1.45. The number of esters is 2. The second-order valence-corrected chi connectivity index (χ2v) is 15.1. The van der Waals surface area contributed by atoms with Crippen LogP contribution in [0.4, 0.5) is 0 Å². The van der Waals surface area contributed by atoms with Crippen LogP contribution in [0.15, 0.2) is 48.6 Å². The van der Waals surface area contributed by atoms with Gasteiger partial charge in [0.05, 0.1) is 27.7 Å². The van der Waals surface area contributed by atoms with Gasteiger partial charge in [0.25, 0.3) is 0 Å². The van der Waals surface area contributed by atoms with Crippen molar-refractivity contribution in [2.75, 3.05) is 47.5 Å². The van der Waals surface area contributed by atoms with Crippen molar-refractivity contribution in [3.8, 4) is 0 Å². The van der Waals surface area contributed by atoms with Crippen molar-refractivity contribution >= 4 is 19.8 Å². The minimum atomic E-state index is -4.37. The Morgan fingerprint density at radius 2 is 1.14 bits per heavy atom. The highest BCUT2D eigenvalue weighted by atomic mass is 31.2. The number of nitrogens with zero attached hydrogens (tertiary/aromatic N) is 1. The molecule has 0 aliphatic rings. The number of phosphoric ester groups is 1. The number of unbranched alkanes of at least 4 members (excludes halogenated alkanes) is 11. The normalized spacial score (nSPS) is 14.3. The molecule has 10 heteroatoms. The molecule has 0 aromatic carbocycles. The highest BCUT2D eigenvalue weighted by molar-refractivity contribution is 7.47. The Kier molecular flexibility index (Phi) is 30.6. The van der Waals surface area contributed by atoms with Gasteiger partial charge in [0.1, 0.15) is 19.8 Å². The van der Waals surface area contributed by atoms with Gasteiger partial charge in [0.15, 0.2) is 6.10 Å². The SMILES string of the molecule is CCC/C=C/C/C=C/C/C=C/C/C=C/CCCCCC(=O)O[C@H](COC(=O)CCCCCCCCCC)COP(=O)(O)OCC[N+](C)(C)C. The third kappa shape index (κ3) is 35.6. The van der Waals surface area contributed by atoms with Gasteiger partial charge in [-0.2, -0.15) is 0 Å². The molecule has 0 aliphatic heterocycles. The number of likely N-dealkylation sites (N-methyl/N-ethyl adjacent to an activating group) is 1. The van der Waals surface area contributed by atoms with Crippen LogP contribution < -0.4 is 0 Å². The molecule has 0 amide bonds. The molecule has 0 rings (SSSR count). The zero-order chi connectivity index (χ0) is 36.5. The smallest absolute Gasteiger partial charge is 0.462 e. The maximum atomic E-state index is 12.6. The Hall–Kier alpha value is -2.03. The van der Waals surface area contributed by atoms with Gasteiger partial charge in [0.2, 0.25) is 0 Å². The van der Waals surface area contributed by atoms with Gasteiger partial charge < -0.3 is 18.9 Å². The lowest BCUT2D eigenvalue weighted by Crippen LogP contribution is -2.37. The fraction of sp³-hybridized carbons (Fsp3) is 0.744. The third-order valence-electron chi connectivity index (χ3n) is 7.59. The van der Waals surface area contributed by atoms with Crippen molar-refractivity contribution < 1.29 is 42.1 Å². The number of phosphoric acid groups is 1. The van der Waals surface area contributed by atoms with Crippen molar-refractivity contribution in [2.24, 2.45) is 0 Å². The number of carbonyl (C=O) groups is 2. The van der Waals surface area contributed by atoms with E-state index in [-0.39, 0.29) is 32.0 Å². The summed E-state index contributed by atoms with van der Waals surface area (Å²) in [4.78, 5) is 35.0. The monoisotopic (exact) mass is 712 g/mol. The van der Waals surface area contributed by atoms with Crippen LogP contribution in [-0.2, 0) is 32.7 Å². The van der Waals surface area contributed by atoms with Gasteiger partial charge in [-0.3, -0.25) is 18.6 Å². The molecule has 1 N–H and O–H groups in total. The second-order valence-electron chi connectivity index (χ2n) is 13.6. The maximum Gasteiger partial charge on any atom is 0.472 e. The average molecular weight is 713 g/mol. The Morgan fingerprint density at radius 3 is 1.71 bits per heavy atom. The number of allylic oxidation sites excluding steroid dienone is 8. The minimum Gasteiger partial charge on any atom is -0.462 e. The van der Waals surface area contributed by atoms with E-state index in [0.29, 0.717) is 17.4 Å². The number of rotatable bonds is 33. The Bertz CT molecular complexity index is 986. The van der Waals surface area contributed by atoms with Gasteiger partial charge in [-0.1, -0.05) is 120 Å². The van der Waals surface area contributed by atoms with E-state index < -0.39 is 26.5 Å². The number of hydrogen-bond acceptors (Lipinski definition) is 7. The van der Waals surface area contributed by atoms with Crippen LogP contribution in [0, 0.1) is 0 Å². The summed E-state index contributed by atoms with van der Waals surface area (Å²) < 4.78 is 34.0. The standard InChI is InChI=1S/C39H70NO8P/c1-6-8-10-12-14-16-17-18-19-20-21-22-23-24-26-28-30-32-39(42)48-37(36-47-49(43,44)46-34-33-40(3,4)5)35-45-38(41)31-29-27-25-15-13-11-9-7-2/h10,12,16-17,19-20,22-23,37H,6-9,11,13-15,18,21,24-36H2,1-5H3/p+1/b12-10+,17-16+,20-19+,23-22+/t37-/m1/s1. The lowest BCUT2D eigenvalue weighted by atomic mass is 10.1. The minimum absolute atomic E-state index is 0.0241. The molecular weight excluding hydrogens is 641 g/mol. The predicted molar refractivity (Wildman–Crippen MR) is 201 cm³/mol. The Balaban J connectivity index is 4.49. The van der Waals surface area contributed by atoms with Crippen molar-refractivity contribution in [1.82, 2.24) is 0 Å². The molecule has 2 atom stereocenters. The number of quaternary nitrogens is 1. The lowest BCUT2D eigenvalue weighted by molar-refractivity contribution is -0.870. The first-order valence-electron chi connectivity index (χ1n) is 18.9. The quantitative estimate of drug-likeness (QED) is 0.0236. The van der Waals surface area contributed by atoms with E-state index in [1.807, 2.05) is 21.1 Å². The van der Waals surface area contributed by atoms with Gasteiger partial charge in [0, 0.05) is 12.8 Å². The van der Waals surface area contributed by atoms with Gasteiger partial charge in [-0.05, 0) is 51.4 Å². The van der Waals surface area contributed by atoms with Crippen LogP contribution in [-0.4, -0.2) is 74.9 Å². The maximum absolute atomic E-state index is 12.6. The molecule has 0 fully saturated rings. The van der Waals surface area contributed by atoms with E-state index in [1.54, 1.807) is 0 Å². The summed E-state index contributed by atoms with van der Waals surface area (Å²) in [6, 6.07) is 0. The molecule has 49 heavy (non-hydrogen) atoms. The number of carbonyl (C=O) groups excluding carboxylic acids is 2. The van der Waals surface area contributed by atoms with E-state index in [4.69, 9.17) is 18.5 Å². The van der Waals surface area contributed by atoms with Crippen LogP contribution in [0.3, 0.4) is 0 Å². The summed E-state index contributed by atoms with van der Waals surface area (Å²) in [5.41, 5.74) is 0. The van der Waals surface area contributed by atoms with E-state index in [2.05, 4.69) is 62.5 Å². The van der Waals surface area contributed by atoms with Crippen molar-refractivity contribution in [1.29, 1.82) is 0 Å². The molecule has 0 aliphatic carbocycles. The summed E-state index contributed by atoms with van der Waals surface area (Å²) in [5.74, 6) is -0.845. The van der Waals surface area contributed by atoms with Crippen molar-refractivity contribution in [3.63, 3.8) is 0 Å². The van der Waals surface area contributed by atoms with Gasteiger partial charge in [-0.25, -0.2) is 4.57 Å². The van der Waals surface area contributed by atoms with Crippen LogP contribution in [0.1, 0.15) is 136 Å². The molecule has 0 saturated heterocycles. The molecule has 0 saturated carbocycles. The van der Waals surface area contributed by atoms with E-state index in [0.717, 1.165) is 64.2 Å². The summed E-state index contributed by atoms with van der Waals surface area (Å²) in [5, 5.41) is 0. The number of hydrogen-bond donors (Lipinski definition) is 1. The second kappa shape index (κ2) is 31.9. The molecule has 284 valence electrons. The lowest BCUT2D eigenvalue weighted by Gasteiger charge is -2.24. The van der Waals surface area contributed by atoms with Gasteiger partial charge in [-0.15, -0.1) is 0 Å². The molecule has 0 aromatic rings. The summed E-state index contributed by atoms with van der Waals surface area (Å²) in [6.07, 6.45) is 34.5. The van der Waals surface area contributed by atoms with Crippen LogP contribution in [0.5, 0.6) is 0 Å². The largest absolute Gasteiger partial charge is 0.472 e. The number of ether oxygens (including phenoxy) is 2. The van der Waals surface area contributed by atoms with Crippen molar-refractivity contribution in [2.45, 2.75) is 142 Å².